The zero-order valence-corrected chi connectivity index (χ0v) is 13.5. The zero-order valence-electron chi connectivity index (χ0n) is 13.5. The van der Waals surface area contributed by atoms with Crippen LogP contribution in [0.5, 0.6) is 5.75 Å². The average Bonchev–Trinajstić information content (AvgIpc) is 3.12. The molecule has 0 saturated carbocycles. The number of para-hydroxylation sites is 1. The summed E-state index contributed by atoms with van der Waals surface area (Å²) < 4.78 is 18.7. The van der Waals surface area contributed by atoms with Crippen molar-refractivity contribution in [2.24, 2.45) is 5.92 Å². The molecule has 1 atom stereocenters. The first-order chi connectivity index (χ1) is 12.1. The maximum Gasteiger partial charge on any atom is 0.260 e. The maximum absolute atomic E-state index is 13.5. The molecule has 0 unspecified atom stereocenters. The third-order valence-electron chi connectivity index (χ3n) is 4.02. The van der Waals surface area contributed by atoms with Gasteiger partial charge in [-0.15, -0.1) is 0 Å². The third-order valence-corrected chi connectivity index (χ3v) is 4.02. The van der Waals surface area contributed by atoms with E-state index < -0.39 is 5.82 Å². The Labute approximate surface area is 144 Å². The fourth-order valence-corrected chi connectivity index (χ4v) is 2.66. The predicted molar refractivity (Wildman–Crippen MR) is 89.4 cm³/mol. The van der Waals surface area contributed by atoms with E-state index in [2.05, 4.69) is 10.3 Å². The predicted octanol–water partition coefficient (Wildman–Crippen LogP) is 2.09. The summed E-state index contributed by atoms with van der Waals surface area (Å²) in [6.07, 6.45) is 2.17. The summed E-state index contributed by atoms with van der Waals surface area (Å²) in [6.45, 7) is 0.535. The summed E-state index contributed by atoms with van der Waals surface area (Å²) in [7, 11) is 0. The zero-order chi connectivity index (χ0) is 17.6. The van der Waals surface area contributed by atoms with E-state index in [-0.39, 0.29) is 30.1 Å². The molecule has 1 aliphatic heterocycles. The van der Waals surface area contributed by atoms with Gasteiger partial charge in [-0.05, 0) is 30.7 Å². The number of pyridine rings is 1. The minimum atomic E-state index is -0.510. The van der Waals surface area contributed by atoms with Crippen LogP contribution in [-0.4, -0.2) is 41.4 Å². The molecule has 130 valence electrons. The number of anilines is 1. The number of halogens is 1. The number of benzene rings is 1. The van der Waals surface area contributed by atoms with Crippen molar-refractivity contribution in [3.8, 4) is 5.75 Å². The lowest BCUT2D eigenvalue weighted by Gasteiger charge is -2.17. The quantitative estimate of drug-likeness (QED) is 0.902. The van der Waals surface area contributed by atoms with Gasteiger partial charge in [0.15, 0.2) is 18.2 Å². The number of carbonyl (C=O) groups is 2. The molecule has 1 saturated heterocycles. The number of nitrogens with zero attached hydrogens (tertiary/aromatic N) is 2. The third kappa shape index (κ3) is 4.32. The van der Waals surface area contributed by atoms with Crippen LogP contribution >= 0.6 is 0 Å². The smallest absolute Gasteiger partial charge is 0.260 e. The van der Waals surface area contributed by atoms with E-state index in [1.165, 1.54) is 12.1 Å². The molecule has 6 nitrogen and oxygen atoms in total. The second-order valence-corrected chi connectivity index (χ2v) is 5.75. The molecule has 25 heavy (non-hydrogen) atoms. The Morgan fingerprint density at radius 3 is 2.80 bits per heavy atom. The summed E-state index contributed by atoms with van der Waals surface area (Å²) in [4.78, 5) is 30.0. The van der Waals surface area contributed by atoms with Gasteiger partial charge in [0, 0.05) is 19.3 Å². The minimum Gasteiger partial charge on any atom is -0.481 e. The molecule has 0 radical (unpaired) electrons. The normalized spacial score (nSPS) is 16.5. The highest BCUT2D eigenvalue weighted by Crippen LogP contribution is 2.19. The molecule has 2 aromatic rings. The molecule has 1 fully saturated rings. The highest BCUT2D eigenvalue weighted by molar-refractivity contribution is 5.92. The fourth-order valence-electron chi connectivity index (χ4n) is 2.66. The van der Waals surface area contributed by atoms with Gasteiger partial charge in [-0.3, -0.25) is 9.59 Å². The van der Waals surface area contributed by atoms with Crippen molar-refractivity contribution in [2.75, 3.05) is 25.0 Å². The Kier molecular flexibility index (Phi) is 5.23. The number of amides is 2. The van der Waals surface area contributed by atoms with E-state index in [1.54, 1.807) is 41.4 Å². The summed E-state index contributed by atoms with van der Waals surface area (Å²) in [5, 5.41) is 2.74. The Bertz CT molecular complexity index is 754. The lowest BCUT2D eigenvalue weighted by Crippen LogP contribution is -2.34. The van der Waals surface area contributed by atoms with Crippen LogP contribution in [0.3, 0.4) is 0 Å². The van der Waals surface area contributed by atoms with Crippen LogP contribution in [0.2, 0.25) is 0 Å². The Morgan fingerprint density at radius 2 is 2.04 bits per heavy atom. The van der Waals surface area contributed by atoms with Crippen LogP contribution in [0.4, 0.5) is 10.2 Å². The number of nitrogens with one attached hydrogen (secondary N) is 1. The van der Waals surface area contributed by atoms with Gasteiger partial charge in [-0.2, -0.15) is 0 Å². The number of rotatable bonds is 5. The molecule has 1 N–H and O–H groups in total. The van der Waals surface area contributed by atoms with Gasteiger partial charge in [0.2, 0.25) is 5.91 Å². The molecule has 1 aromatic carbocycles. The van der Waals surface area contributed by atoms with Crippen molar-refractivity contribution in [1.29, 1.82) is 0 Å². The molecule has 1 aromatic heterocycles. The van der Waals surface area contributed by atoms with E-state index in [4.69, 9.17) is 4.74 Å². The molecular formula is C18H18FN3O3. The van der Waals surface area contributed by atoms with Crippen molar-refractivity contribution >= 4 is 17.6 Å². The molecule has 0 spiro atoms. The van der Waals surface area contributed by atoms with Crippen LogP contribution in [0.25, 0.3) is 0 Å². The van der Waals surface area contributed by atoms with E-state index in [0.29, 0.717) is 25.3 Å². The molecule has 7 heteroatoms. The number of carbonyl (C=O) groups excluding carboxylic acids is 2. The molecule has 1 aliphatic rings. The Hall–Kier alpha value is -2.96. The monoisotopic (exact) mass is 343 g/mol. The van der Waals surface area contributed by atoms with E-state index in [0.717, 1.165) is 0 Å². The van der Waals surface area contributed by atoms with Crippen molar-refractivity contribution in [3.05, 3.63) is 54.5 Å². The van der Waals surface area contributed by atoms with Gasteiger partial charge < -0.3 is 15.0 Å². The van der Waals surface area contributed by atoms with Crippen LogP contribution in [0.15, 0.2) is 48.7 Å². The number of hydrogen-bond donors (Lipinski definition) is 1. The summed E-state index contributed by atoms with van der Waals surface area (Å²) in [6, 6.07) is 11.2. The average molecular weight is 343 g/mol. The van der Waals surface area contributed by atoms with E-state index in [1.807, 2.05) is 0 Å². The maximum atomic E-state index is 13.5. The highest BCUT2D eigenvalue weighted by atomic mass is 19.1. The van der Waals surface area contributed by atoms with Gasteiger partial charge in [0.1, 0.15) is 5.82 Å². The minimum absolute atomic E-state index is 0.0412. The Balaban J connectivity index is 1.49. The van der Waals surface area contributed by atoms with E-state index in [9.17, 15) is 14.0 Å². The largest absolute Gasteiger partial charge is 0.481 e. The van der Waals surface area contributed by atoms with Gasteiger partial charge in [0.25, 0.3) is 5.91 Å². The van der Waals surface area contributed by atoms with Crippen molar-refractivity contribution < 1.29 is 18.7 Å². The summed E-state index contributed by atoms with van der Waals surface area (Å²) in [5.74, 6) is -0.705. The van der Waals surface area contributed by atoms with Gasteiger partial charge in [0.05, 0.1) is 5.92 Å². The fraction of sp³-hybridized carbons (Fsp3) is 0.278. The highest BCUT2D eigenvalue weighted by Gasteiger charge is 2.31. The van der Waals surface area contributed by atoms with Crippen molar-refractivity contribution in [1.82, 2.24) is 9.88 Å². The van der Waals surface area contributed by atoms with Gasteiger partial charge >= 0.3 is 0 Å². The first-order valence-electron chi connectivity index (χ1n) is 8.00. The van der Waals surface area contributed by atoms with E-state index >= 15 is 0 Å². The van der Waals surface area contributed by atoms with Crippen LogP contribution in [0, 0.1) is 11.7 Å². The molecule has 0 bridgehead atoms. The molecule has 0 aliphatic carbocycles. The number of hydrogen-bond acceptors (Lipinski definition) is 4. The Morgan fingerprint density at radius 1 is 1.24 bits per heavy atom. The number of aromatic nitrogens is 1. The van der Waals surface area contributed by atoms with Crippen molar-refractivity contribution in [3.63, 3.8) is 0 Å². The second-order valence-electron chi connectivity index (χ2n) is 5.75. The standard InChI is InChI=1S/C18H18FN3O3/c19-14-5-1-2-6-15(14)25-12-17(23)22-10-8-13(11-22)18(24)21-16-7-3-4-9-20-16/h1-7,9,13H,8,10-12H2,(H,20,21,24)/t13-/m1/s1. The first kappa shape index (κ1) is 16.9. The lowest BCUT2D eigenvalue weighted by atomic mass is 10.1. The molecule has 3 rings (SSSR count). The first-order valence-corrected chi connectivity index (χ1v) is 8.00. The molecule has 2 amide bonds. The van der Waals surface area contributed by atoms with Gasteiger partial charge in [-0.25, -0.2) is 9.37 Å². The van der Waals surface area contributed by atoms with Crippen molar-refractivity contribution in [2.45, 2.75) is 6.42 Å². The summed E-state index contributed by atoms with van der Waals surface area (Å²) >= 11 is 0. The van der Waals surface area contributed by atoms with Crippen LogP contribution in [0.1, 0.15) is 6.42 Å². The SMILES string of the molecule is O=C(Nc1ccccn1)[C@@H]1CCN(C(=O)COc2ccccc2F)C1. The summed E-state index contributed by atoms with van der Waals surface area (Å²) in [5.41, 5.74) is 0. The second kappa shape index (κ2) is 7.74. The van der Waals surface area contributed by atoms with Crippen LogP contribution < -0.4 is 10.1 Å². The van der Waals surface area contributed by atoms with Crippen LogP contribution in [-0.2, 0) is 9.59 Å². The van der Waals surface area contributed by atoms with Gasteiger partial charge in [-0.1, -0.05) is 18.2 Å². The number of likely N-dealkylation sites (tertiary alicyclic amines) is 1. The lowest BCUT2D eigenvalue weighted by molar-refractivity contribution is -0.132. The molecular weight excluding hydrogens is 325 g/mol. The topological polar surface area (TPSA) is 71.5 Å². The molecule has 2 heterocycles. The number of ether oxygens (including phenoxy) is 1.